The van der Waals surface area contributed by atoms with E-state index in [1.807, 2.05) is 10.7 Å². The van der Waals surface area contributed by atoms with Crippen molar-refractivity contribution in [3.05, 3.63) is 41.5 Å². The molecule has 0 aliphatic heterocycles. The second-order valence-corrected chi connectivity index (χ2v) is 8.24. The summed E-state index contributed by atoms with van der Waals surface area (Å²) in [5.41, 5.74) is 3.64. The second-order valence-electron chi connectivity index (χ2n) is 7.29. The molecule has 0 unspecified atom stereocenters. The minimum atomic E-state index is -0.0281. The Bertz CT molecular complexity index is 999. The Morgan fingerprint density at radius 3 is 2.81 bits per heavy atom. The Hall–Kier alpha value is -2.41. The van der Waals surface area contributed by atoms with Gasteiger partial charge >= 0.3 is 0 Å². The molecule has 27 heavy (non-hydrogen) atoms. The van der Waals surface area contributed by atoms with Gasteiger partial charge in [0.1, 0.15) is 0 Å². The van der Waals surface area contributed by atoms with Crippen LogP contribution in [-0.2, 0) is 17.6 Å². The van der Waals surface area contributed by atoms with Gasteiger partial charge in [-0.3, -0.25) is 4.79 Å². The van der Waals surface area contributed by atoms with E-state index in [0.29, 0.717) is 11.8 Å². The number of tetrazole rings is 1. The van der Waals surface area contributed by atoms with Crippen molar-refractivity contribution in [3.8, 4) is 0 Å². The third kappa shape index (κ3) is 3.10. The highest BCUT2D eigenvalue weighted by Crippen LogP contribution is 2.35. The summed E-state index contributed by atoms with van der Waals surface area (Å²) in [5.74, 6) is 0.274. The summed E-state index contributed by atoms with van der Waals surface area (Å²) >= 11 is 1.41. The summed E-state index contributed by atoms with van der Waals surface area (Å²) < 4.78 is 1.89. The van der Waals surface area contributed by atoms with Gasteiger partial charge < -0.3 is 5.32 Å². The van der Waals surface area contributed by atoms with Gasteiger partial charge in [-0.25, -0.2) is 4.68 Å². The Morgan fingerprint density at radius 1 is 1.15 bits per heavy atom. The first-order chi connectivity index (χ1) is 13.3. The van der Waals surface area contributed by atoms with Crippen molar-refractivity contribution < 1.29 is 4.79 Å². The van der Waals surface area contributed by atoms with Gasteiger partial charge in [0, 0.05) is 11.1 Å². The second kappa shape index (κ2) is 6.96. The number of thioether (sulfide) groups is 1. The summed E-state index contributed by atoms with van der Waals surface area (Å²) in [6.45, 7) is 0. The lowest BCUT2D eigenvalue weighted by Crippen LogP contribution is -2.15. The SMILES string of the molecule is O=C(CSc1nnnn1C1CCCC1)Nc1ccc2c3c(cccc13)CC2. The molecule has 0 atom stereocenters. The standard InChI is InChI=1S/C20H21N5OS/c26-18(12-27-20-22-23-24-25(20)15-5-1-2-6-15)21-17-11-10-14-9-8-13-4-3-7-16(17)19(13)14/h3-4,7,10-11,15H,1-2,5-6,8-9,12H2,(H,21,26). The van der Waals surface area contributed by atoms with E-state index < -0.39 is 0 Å². The number of carbonyl (C=O) groups excluding carboxylic acids is 1. The molecule has 1 fully saturated rings. The number of anilines is 1. The maximum absolute atomic E-state index is 12.6. The van der Waals surface area contributed by atoms with Gasteiger partial charge in [0.2, 0.25) is 11.1 Å². The number of nitrogens with zero attached hydrogens (tertiary/aromatic N) is 4. The van der Waals surface area contributed by atoms with Gasteiger partial charge in [-0.05, 0) is 58.7 Å². The fourth-order valence-corrected chi connectivity index (χ4v) is 5.08. The van der Waals surface area contributed by atoms with Crippen LogP contribution in [0.1, 0.15) is 42.9 Å². The summed E-state index contributed by atoms with van der Waals surface area (Å²) in [6, 6.07) is 10.9. The predicted octanol–water partition coefficient (Wildman–Crippen LogP) is 3.77. The molecule has 5 rings (SSSR count). The highest BCUT2D eigenvalue weighted by Gasteiger charge is 2.22. The molecule has 138 valence electrons. The normalized spacial score (nSPS) is 16.3. The van der Waals surface area contributed by atoms with Crippen molar-refractivity contribution >= 4 is 34.1 Å². The van der Waals surface area contributed by atoms with Crippen molar-refractivity contribution in [1.82, 2.24) is 20.2 Å². The van der Waals surface area contributed by atoms with Gasteiger partial charge in [-0.2, -0.15) is 0 Å². The van der Waals surface area contributed by atoms with Crippen LogP contribution in [-0.4, -0.2) is 31.9 Å². The van der Waals surface area contributed by atoms with Gasteiger partial charge in [-0.15, -0.1) is 5.10 Å². The fourth-order valence-electron chi connectivity index (χ4n) is 4.33. The van der Waals surface area contributed by atoms with E-state index in [9.17, 15) is 4.79 Å². The predicted molar refractivity (Wildman–Crippen MR) is 106 cm³/mol. The molecule has 0 radical (unpaired) electrons. The van der Waals surface area contributed by atoms with Crippen molar-refractivity contribution in [2.45, 2.75) is 49.7 Å². The van der Waals surface area contributed by atoms with E-state index >= 15 is 0 Å². The lowest BCUT2D eigenvalue weighted by Gasteiger charge is -2.12. The molecule has 0 spiro atoms. The van der Waals surface area contributed by atoms with Crippen LogP contribution < -0.4 is 5.32 Å². The molecule has 2 aliphatic carbocycles. The van der Waals surface area contributed by atoms with Crippen LogP contribution >= 0.6 is 11.8 Å². The van der Waals surface area contributed by atoms with Crippen LogP contribution in [0.5, 0.6) is 0 Å². The smallest absolute Gasteiger partial charge is 0.234 e. The van der Waals surface area contributed by atoms with Crippen molar-refractivity contribution in [2.24, 2.45) is 0 Å². The molecule has 1 amide bonds. The van der Waals surface area contributed by atoms with Gasteiger partial charge in [0.15, 0.2) is 0 Å². The number of aromatic nitrogens is 4. The van der Waals surface area contributed by atoms with Crippen molar-refractivity contribution in [2.75, 3.05) is 11.1 Å². The minimum Gasteiger partial charge on any atom is -0.325 e. The molecule has 0 saturated heterocycles. The largest absolute Gasteiger partial charge is 0.325 e. The van der Waals surface area contributed by atoms with Gasteiger partial charge in [0.25, 0.3) is 0 Å². The van der Waals surface area contributed by atoms with Crippen molar-refractivity contribution in [1.29, 1.82) is 0 Å². The van der Waals surface area contributed by atoms with Crippen LogP contribution in [0.4, 0.5) is 5.69 Å². The molecule has 2 aromatic carbocycles. The van der Waals surface area contributed by atoms with E-state index in [0.717, 1.165) is 41.9 Å². The molecule has 1 saturated carbocycles. The molecule has 6 nitrogen and oxygen atoms in total. The first kappa shape index (κ1) is 16.7. The molecule has 7 heteroatoms. The maximum Gasteiger partial charge on any atom is 0.234 e. The first-order valence-electron chi connectivity index (χ1n) is 9.53. The molecular weight excluding hydrogens is 358 g/mol. The third-order valence-electron chi connectivity index (χ3n) is 5.62. The number of aryl methyl sites for hydroxylation is 2. The summed E-state index contributed by atoms with van der Waals surface area (Å²) in [6.07, 6.45) is 6.85. The molecule has 3 aromatic rings. The molecule has 1 aromatic heterocycles. The highest BCUT2D eigenvalue weighted by molar-refractivity contribution is 7.99. The lowest BCUT2D eigenvalue weighted by molar-refractivity contribution is -0.113. The number of amides is 1. The molecule has 1 heterocycles. The van der Waals surface area contributed by atoms with E-state index in [1.165, 1.54) is 41.1 Å². The van der Waals surface area contributed by atoms with Crippen LogP contribution in [0.2, 0.25) is 0 Å². The molecule has 2 aliphatic rings. The maximum atomic E-state index is 12.6. The number of hydrogen-bond donors (Lipinski definition) is 1. The first-order valence-corrected chi connectivity index (χ1v) is 10.5. The van der Waals surface area contributed by atoms with Crippen molar-refractivity contribution in [3.63, 3.8) is 0 Å². The minimum absolute atomic E-state index is 0.0281. The number of carbonyl (C=O) groups is 1. The number of benzene rings is 2. The van der Waals surface area contributed by atoms with Gasteiger partial charge in [-0.1, -0.05) is 48.9 Å². The zero-order valence-corrected chi connectivity index (χ0v) is 15.8. The number of rotatable bonds is 5. The Kier molecular flexibility index (Phi) is 4.32. The highest BCUT2D eigenvalue weighted by atomic mass is 32.2. The molecule has 0 bridgehead atoms. The van der Waals surface area contributed by atoms with Gasteiger partial charge in [0.05, 0.1) is 11.8 Å². The quantitative estimate of drug-likeness (QED) is 0.683. The van der Waals surface area contributed by atoms with E-state index in [4.69, 9.17) is 0 Å². The fraction of sp³-hybridized carbons (Fsp3) is 0.400. The monoisotopic (exact) mass is 379 g/mol. The zero-order chi connectivity index (χ0) is 18.2. The summed E-state index contributed by atoms with van der Waals surface area (Å²) in [5, 5.41) is 18.3. The molecule has 1 N–H and O–H groups in total. The van der Waals surface area contributed by atoms with Crippen LogP contribution in [0, 0.1) is 0 Å². The zero-order valence-electron chi connectivity index (χ0n) is 15.0. The van der Waals surface area contributed by atoms with E-state index in [2.05, 4.69) is 45.1 Å². The average Bonchev–Trinajstić information content (AvgIpc) is 3.43. The average molecular weight is 379 g/mol. The summed E-state index contributed by atoms with van der Waals surface area (Å²) in [4.78, 5) is 12.6. The Balaban J connectivity index is 1.30. The summed E-state index contributed by atoms with van der Waals surface area (Å²) in [7, 11) is 0. The van der Waals surface area contributed by atoms with Crippen LogP contribution in [0.25, 0.3) is 10.8 Å². The Morgan fingerprint density at radius 2 is 1.96 bits per heavy atom. The number of hydrogen-bond acceptors (Lipinski definition) is 5. The molecular formula is C20H21N5OS. The third-order valence-corrected chi connectivity index (χ3v) is 6.55. The topological polar surface area (TPSA) is 72.7 Å². The van der Waals surface area contributed by atoms with Crippen LogP contribution in [0.15, 0.2) is 35.5 Å². The number of nitrogens with one attached hydrogen (secondary N) is 1. The van der Waals surface area contributed by atoms with E-state index in [1.54, 1.807) is 0 Å². The van der Waals surface area contributed by atoms with Crippen LogP contribution in [0.3, 0.4) is 0 Å². The van der Waals surface area contributed by atoms with E-state index in [-0.39, 0.29) is 5.91 Å². The Labute approximate surface area is 161 Å². The lowest BCUT2D eigenvalue weighted by atomic mass is 10.0.